The van der Waals surface area contributed by atoms with Gasteiger partial charge < -0.3 is 10.2 Å². The zero-order valence-corrected chi connectivity index (χ0v) is 19.0. The zero-order chi connectivity index (χ0) is 22.1. The summed E-state index contributed by atoms with van der Waals surface area (Å²) in [4.78, 5) is 28.3. The SMILES string of the molecule is Cc1ccc(SCCC(=O)N(Cc2ccc(F)cc2)C(C)C(=O)NCC(C)C)cc1. The number of rotatable bonds is 10. The van der Waals surface area contributed by atoms with E-state index in [9.17, 15) is 14.0 Å². The molecule has 4 nitrogen and oxygen atoms in total. The average molecular weight is 431 g/mol. The molecule has 0 spiro atoms. The molecule has 0 aliphatic rings. The van der Waals surface area contributed by atoms with Crippen LogP contribution >= 0.6 is 11.8 Å². The van der Waals surface area contributed by atoms with Crippen LogP contribution in [-0.4, -0.2) is 35.1 Å². The van der Waals surface area contributed by atoms with Crippen molar-refractivity contribution in [3.8, 4) is 0 Å². The summed E-state index contributed by atoms with van der Waals surface area (Å²) in [6.07, 6.45) is 0.321. The zero-order valence-electron chi connectivity index (χ0n) is 18.2. The highest BCUT2D eigenvalue weighted by molar-refractivity contribution is 7.99. The maximum absolute atomic E-state index is 13.3. The maximum atomic E-state index is 13.3. The summed E-state index contributed by atoms with van der Waals surface area (Å²) in [5.74, 6) is 0.362. The number of benzene rings is 2. The first-order valence-electron chi connectivity index (χ1n) is 10.3. The van der Waals surface area contributed by atoms with Crippen LogP contribution in [0.25, 0.3) is 0 Å². The Labute approximate surface area is 183 Å². The van der Waals surface area contributed by atoms with E-state index >= 15 is 0 Å². The third-order valence-corrected chi connectivity index (χ3v) is 5.74. The molecule has 162 valence electrons. The molecule has 1 unspecified atom stereocenters. The van der Waals surface area contributed by atoms with Crippen LogP contribution in [0.4, 0.5) is 4.39 Å². The summed E-state index contributed by atoms with van der Waals surface area (Å²) in [6.45, 7) is 8.65. The summed E-state index contributed by atoms with van der Waals surface area (Å²) in [6, 6.07) is 13.6. The standard InChI is InChI=1S/C24H31FN2O2S/c1-17(2)15-26-24(29)19(4)27(16-20-7-9-21(25)10-8-20)23(28)13-14-30-22-11-5-18(3)6-12-22/h5-12,17,19H,13-16H2,1-4H3,(H,26,29). The molecule has 0 saturated heterocycles. The highest BCUT2D eigenvalue weighted by Gasteiger charge is 2.25. The quantitative estimate of drug-likeness (QED) is 0.551. The van der Waals surface area contributed by atoms with Crippen molar-refractivity contribution in [2.75, 3.05) is 12.3 Å². The summed E-state index contributed by atoms with van der Waals surface area (Å²) < 4.78 is 13.3. The number of carbonyl (C=O) groups excluding carboxylic acids is 2. The molecule has 2 aromatic carbocycles. The molecule has 2 amide bonds. The molecule has 0 radical (unpaired) electrons. The Bertz CT molecular complexity index is 822. The molecule has 2 rings (SSSR count). The first-order chi connectivity index (χ1) is 14.3. The van der Waals surface area contributed by atoms with E-state index < -0.39 is 6.04 Å². The van der Waals surface area contributed by atoms with Crippen molar-refractivity contribution >= 4 is 23.6 Å². The number of amides is 2. The molecule has 0 aliphatic carbocycles. The molecule has 0 aromatic heterocycles. The minimum atomic E-state index is -0.606. The van der Waals surface area contributed by atoms with Gasteiger partial charge in [0.1, 0.15) is 11.9 Å². The molecule has 30 heavy (non-hydrogen) atoms. The van der Waals surface area contributed by atoms with E-state index in [4.69, 9.17) is 0 Å². The molecular formula is C24H31FN2O2S. The summed E-state index contributed by atoms with van der Waals surface area (Å²) in [5.41, 5.74) is 1.99. The van der Waals surface area contributed by atoms with Crippen LogP contribution in [0.15, 0.2) is 53.4 Å². The first-order valence-corrected chi connectivity index (χ1v) is 11.3. The van der Waals surface area contributed by atoms with Gasteiger partial charge in [-0.15, -0.1) is 11.8 Å². The number of hydrogen-bond acceptors (Lipinski definition) is 3. The van der Waals surface area contributed by atoms with Gasteiger partial charge in [0, 0.05) is 30.2 Å². The number of nitrogens with one attached hydrogen (secondary N) is 1. The Hall–Kier alpha value is -2.34. The third-order valence-electron chi connectivity index (χ3n) is 4.72. The monoisotopic (exact) mass is 430 g/mol. The smallest absolute Gasteiger partial charge is 0.242 e. The first kappa shape index (κ1) is 23.9. The molecule has 0 aliphatic heterocycles. The van der Waals surface area contributed by atoms with Gasteiger partial charge in [-0.25, -0.2) is 4.39 Å². The second kappa shape index (κ2) is 11.7. The minimum Gasteiger partial charge on any atom is -0.354 e. The van der Waals surface area contributed by atoms with Gasteiger partial charge in [-0.05, 0) is 49.6 Å². The number of aryl methyl sites for hydroxylation is 1. The fraction of sp³-hybridized carbons (Fsp3) is 0.417. The number of halogens is 1. The maximum Gasteiger partial charge on any atom is 0.242 e. The number of carbonyl (C=O) groups is 2. The molecule has 1 atom stereocenters. The van der Waals surface area contributed by atoms with E-state index in [1.165, 1.54) is 17.7 Å². The van der Waals surface area contributed by atoms with E-state index in [0.717, 1.165) is 10.5 Å². The molecule has 0 heterocycles. The Morgan fingerprint density at radius 2 is 1.67 bits per heavy atom. The summed E-state index contributed by atoms with van der Waals surface area (Å²) in [7, 11) is 0. The Morgan fingerprint density at radius 3 is 2.27 bits per heavy atom. The van der Waals surface area contributed by atoms with Gasteiger partial charge in [0.05, 0.1) is 0 Å². The average Bonchev–Trinajstić information content (AvgIpc) is 2.72. The topological polar surface area (TPSA) is 49.4 Å². The molecule has 6 heteroatoms. The largest absolute Gasteiger partial charge is 0.354 e. The van der Waals surface area contributed by atoms with E-state index in [-0.39, 0.29) is 24.2 Å². The van der Waals surface area contributed by atoms with Gasteiger partial charge in [-0.2, -0.15) is 0 Å². The molecule has 0 bridgehead atoms. The van der Waals surface area contributed by atoms with Crippen molar-refractivity contribution in [3.63, 3.8) is 0 Å². The molecule has 0 fully saturated rings. The molecule has 1 N–H and O–H groups in total. The van der Waals surface area contributed by atoms with E-state index in [0.29, 0.717) is 24.6 Å². The van der Waals surface area contributed by atoms with Gasteiger partial charge in [-0.1, -0.05) is 43.7 Å². The van der Waals surface area contributed by atoms with Gasteiger partial charge in [0.25, 0.3) is 0 Å². The van der Waals surface area contributed by atoms with Gasteiger partial charge >= 0.3 is 0 Å². The Kier molecular flexibility index (Phi) is 9.37. The number of hydrogen-bond donors (Lipinski definition) is 1. The second-order valence-corrected chi connectivity index (χ2v) is 9.04. The van der Waals surface area contributed by atoms with E-state index in [1.807, 2.05) is 45.0 Å². The van der Waals surface area contributed by atoms with Crippen LogP contribution in [0.1, 0.15) is 38.3 Å². The van der Waals surface area contributed by atoms with Crippen molar-refractivity contribution in [1.82, 2.24) is 10.2 Å². The Balaban J connectivity index is 2.04. The number of thioether (sulfide) groups is 1. The van der Waals surface area contributed by atoms with Crippen LogP contribution in [0, 0.1) is 18.7 Å². The highest BCUT2D eigenvalue weighted by atomic mass is 32.2. The van der Waals surface area contributed by atoms with Crippen LogP contribution in [0.3, 0.4) is 0 Å². The van der Waals surface area contributed by atoms with Crippen LogP contribution in [-0.2, 0) is 16.1 Å². The van der Waals surface area contributed by atoms with Crippen molar-refractivity contribution in [3.05, 3.63) is 65.5 Å². The van der Waals surface area contributed by atoms with Crippen LogP contribution in [0.2, 0.25) is 0 Å². The van der Waals surface area contributed by atoms with Crippen LogP contribution in [0.5, 0.6) is 0 Å². The predicted octanol–water partition coefficient (Wildman–Crippen LogP) is 4.81. The fourth-order valence-corrected chi connectivity index (χ4v) is 3.70. The normalized spacial score (nSPS) is 11.9. The van der Waals surface area contributed by atoms with Gasteiger partial charge in [0.2, 0.25) is 11.8 Å². The lowest BCUT2D eigenvalue weighted by Gasteiger charge is -2.29. The lowest BCUT2D eigenvalue weighted by atomic mass is 10.1. The van der Waals surface area contributed by atoms with Crippen LogP contribution < -0.4 is 5.32 Å². The van der Waals surface area contributed by atoms with Crippen molar-refractivity contribution in [2.24, 2.45) is 5.92 Å². The molecule has 2 aromatic rings. The van der Waals surface area contributed by atoms with Gasteiger partial charge in [-0.3, -0.25) is 9.59 Å². The summed E-state index contributed by atoms with van der Waals surface area (Å²) in [5, 5.41) is 2.90. The van der Waals surface area contributed by atoms with E-state index in [2.05, 4.69) is 5.32 Å². The van der Waals surface area contributed by atoms with E-state index in [1.54, 1.807) is 35.7 Å². The summed E-state index contributed by atoms with van der Waals surface area (Å²) >= 11 is 1.62. The number of nitrogens with zero attached hydrogens (tertiary/aromatic N) is 1. The second-order valence-electron chi connectivity index (χ2n) is 7.87. The lowest BCUT2D eigenvalue weighted by Crippen LogP contribution is -2.48. The predicted molar refractivity (Wildman–Crippen MR) is 121 cm³/mol. The molecular weight excluding hydrogens is 399 g/mol. The van der Waals surface area contributed by atoms with Crippen molar-refractivity contribution in [2.45, 2.75) is 51.6 Å². The highest BCUT2D eigenvalue weighted by Crippen LogP contribution is 2.20. The van der Waals surface area contributed by atoms with Crippen molar-refractivity contribution < 1.29 is 14.0 Å². The third kappa shape index (κ3) is 7.82. The molecule has 0 saturated carbocycles. The van der Waals surface area contributed by atoms with Crippen molar-refractivity contribution in [1.29, 1.82) is 0 Å². The van der Waals surface area contributed by atoms with Gasteiger partial charge in [0.15, 0.2) is 0 Å². The minimum absolute atomic E-state index is 0.0915. The fourth-order valence-electron chi connectivity index (χ4n) is 2.86. The lowest BCUT2D eigenvalue weighted by molar-refractivity contribution is -0.140. The Morgan fingerprint density at radius 1 is 1.03 bits per heavy atom.